The fourth-order valence-electron chi connectivity index (χ4n) is 2.59. The molecule has 1 aliphatic carbocycles. The second-order valence-corrected chi connectivity index (χ2v) is 7.58. The van der Waals surface area contributed by atoms with Crippen LogP contribution < -0.4 is 20.1 Å². The van der Waals surface area contributed by atoms with E-state index in [0.29, 0.717) is 5.69 Å². The molecule has 2 aliphatic rings. The van der Waals surface area contributed by atoms with Gasteiger partial charge in [-0.1, -0.05) is 0 Å². The van der Waals surface area contributed by atoms with Gasteiger partial charge in [-0.25, -0.2) is 13.1 Å². The monoisotopic (exact) mass is 375 g/mol. The highest BCUT2D eigenvalue weighted by Crippen LogP contribution is 2.29. The molecular weight excluding hydrogens is 354 g/mol. The number of ether oxygens (including phenoxy) is 1. The molecule has 0 radical (unpaired) electrons. The molecule has 7 nitrogen and oxygen atoms in total. The van der Waals surface area contributed by atoms with Gasteiger partial charge in [0.15, 0.2) is 0 Å². The molecule has 1 amide bonds. The second kappa shape index (κ2) is 7.69. The van der Waals surface area contributed by atoms with Crippen LogP contribution in [0.15, 0.2) is 23.1 Å². The van der Waals surface area contributed by atoms with Crippen LogP contribution in [0, 0.1) is 0 Å². The standard InChI is InChI=1S/C15H21N3O4S.ClH/c1-22-13-7-6-11(17-15(19)12-3-2-8-16-12)9-14(13)23(20,21)18-10-4-5-10;/h6-7,9-10,12,16,18H,2-5,8H2,1H3,(H,17,19);1H. The van der Waals surface area contributed by atoms with Crippen LogP contribution in [0.1, 0.15) is 25.7 Å². The molecule has 0 bridgehead atoms. The highest BCUT2D eigenvalue weighted by molar-refractivity contribution is 7.89. The first-order valence-electron chi connectivity index (χ1n) is 7.74. The number of halogens is 1. The number of hydrogen-bond acceptors (Lipinski definition) is 5. The maximum Gasteiger partial charge on any atom is 0.244 e. The third-order valence-corrected chi connectivity index (χ3v) is 5.54. The second-order valence-electron chi connectivity index (χ2n) is 5.90. The molecule has 1 saturated carbocycles. The van der Waals surface area contributed by atoms with E-state index in [9.17, 15) is 13.2 Å². The summed E-state index contributed by atoms with van der Waals surface area (Å²) in [6.45, 7) is 0.825. The summed E-state index contributed by atoms with van der Waals surface area (Å²) in [6.07, 6.45) is 3.46. The van der Waals surface area contributed by atoms with Gasteiger partial charge in [0.05, 0.1) is 13.2 Å². The van der Waals surface area contributed by atoms with Crippen LogP contribution in [0.5, 0.6) is 5.75 Å². The maximum atomic E-state index is 12.4. The van der Waals surface area contributed by atoms with Gasteiger partial charge in [0.25, 0.3) is 0 Å². The van der Waals surface area contributed by atoms with Gasteiger partial charge in [-0.3, -0.25) is 4.79 Å². The smallest absolute Gasteiger partial charge is 0.244 e. The zero-order valence-electron chi connectivity index (χ0n) is 13.4. The molecule has 1 saturated heterocycles. The minimum Gasteiger partial charge on any atom is -0.495 e. The molecule has 1 atom stereocenters. The number of methoxy groups -OCH3 is 1. The fourth-order valence-corrected chi connectivity index (χ4v) is 4.09. The van der Waals surface area contributed by atoms with E-state index in [0.717, 1.165) is 32.2 Å². The number of amides is 1. The van der Waals surface area contributed by atoms with E-state index in [4.69, 9.17) is 4.74 Å². The number of rotatable bonds is 6. The first-order chi connectivity index (χ1) is 11.0. The van der Waals surface area contributed by atoms with Gasteiger partial charge in [-0.05, 0) is 50.4 Å². The number of sulfonamides is 1. The van der Waals surface area contributed by atoms with Crippen molar-refractivity contribution < 1.29 is 17.9 Å². The topological polar surface area (TPSA) is 96.5 Å². The van der Waals surface area contributed by atoms with Crippen molar-refractivity contribution in [1.82, 2.24) is 10.0 Å². The highest BCUT2D eigenvalue weighted by atomic mass is 35.5. The van der Waals surface area contributed by atoms with E-state index >= 15 is 0 Å². The van der Waals surface area contributed by atoms with E-state index in [2.05, 4.69) is 15.4 Å². The van der Waals surface area contributed by atoms with Crippen molar-refractivity contribution >= 4 is 34.0 Å². The Labute approximate surface area is 148 Å². The first-order valence-corrected chi connectivity index (χ1v) is 9.22. The number of anilines is 1. The number of hydrogen-bond donors (Lipinski definition) is 3. The van der Waals surface area contributed by atoms with E-state index in [1.54, 1.807) is 12.1 Å². The number of carbonyl (C=O) groups is 1. The van der Waals surface area contributed by atoms with Crippen molar-refractivity contribution in [3.8, 4) is 5.75 Å². The van der Waals surface area contributed by atoms with Crippen LogP contribution >= 0.6 is 12.4 Å². The summed E-state index contributed by atoms with van der Waals surface area (Å²) in [4.78, 5) is 12.2. The van der Waals surface area contributed by atoms with Crippen LogP contribution in [0.25, 0.3) is 0 Å². The van der Waals surface area contributed by atoms with Crippen molar-refractivity contribution in [1.29, 1.82) is 0 Å². The minimum absolute atomic E-state index is 0. The quantitative estimate of drug-likeness (QED) is 0.695. The van der Waals surface area contributed by atoms with Crippen LogP contribution in [0.4, 0.5) is 5.69 Å². The molecule has 3 N–H and O–H groups in total. The van der Waals surface area contributed by atoms with Crippen molar-refractivity contribution in [3.63, 3.8) is 0 Å². The summed E-state index contributed by atoms with van der Waals surface area (Å²) >= 11 is 0. The first kappa shape index (κ1) is 19.0. The minimum atomic E-state index is -3.66. The number of nitrogens with one attached hydrogen (secondary N) is 3. The van der Waals surface area contributed by atoms with Crippen LogP contribution in [-0.4, -0.2) is 40.1 Å². The molecule has 1 unspecified atom stereocenters. The molecule has 1 aliphatic heterocycles. The van der Waals surface area contributed by atoms with E-state index < -0.39 is 10.0 Å². The van der Waals surface area contributed by atoms with Gasteiger partial charge in [0.1, 0.15) is 10.6 Å². The van der Waals surface area contributed by atoms with Gasteiger partial charge < -0.3 is 15.4 Å². The van der Waals surface area contributed by atoms with Crippen molar-refractivity contribution in [3.05, 3.63) is 18.2 Å². The van der Waals surface area contributed by atoms with Gasteiger partial charge in [-0.15, -0.1) is 12.4 Å². The fraction of sp³-hybridized carbons (Fsp3) is 0.533. The average molecular weight is 376 g/mol. The van der Waals surface area contributed by atoms with Gasteiger partial charge >= 0.3 is 0 Å². The normalized spacial score (nSPS) is 20.3. The molecule has 2 fully saturated rings. The van der Waals surface area contributed by atoms with Gasteiger partial charge in [0.2, 0.25) is 15.9 Å². The molecule has 3 rings (SSSR count). The molecule has 134 valence electrons. The highest BCUT2D eigenvalue weighted by Gasteiger charge is 2.30. The van der Waals surface area contributed by atoms with E-state index in [1.807, 2.05) is 0 Å². The Kier molecular flexibility index (Phi) is 6.08. The largest absolute Gasteiger partial charge is 0.495 e. The molecule has 1 aromatic carbocycles. The lowest BCUT2D eigenvalue weighted by Crippen LogP contribution is -2.35. The Bertz CT molecular complexity index is 701. The summed E-state index contributed by atoms with van der Waals surface area (Å²) < 4.78 is 32.7. The van der Waals surface area contributed by atoms with Gasteiger partial charge in [-0.2, -0.15) is 0 Å². The van der Waals surface area contributed by atoms with E-state index in [1.165, 1.54) is 13.2 Å². The maximum absolute atomic E-state index is 12.4. The van der Waals surface area contributed by atoms with Crippen LogP contribution in [-0.2, 0) is 14.8 Å². The number of carbonyl (C=O) groups excluding carboxylic acids is 1. The zero-order chi connectivity index (χ0) is 16.4. The Hall–Kier alpha value is -1.35. The summed E-state index contributed by atoms with van der Waals surface area (Å²) in [5.41, 5.74) is 0.445. The summed E-state index contributed by atoms with van der Waals surface area (Å²) in [7, 11) is -2.24. The van der Waals surface area contributed by atoms with Crippen LogP contribution in [0.2, 0.25) is 0 Å². The zero-order valence-corrected chi connectivity index (χ0v) is 15.0. The molecule has 24 heavy (non-hydrogen) atoms. The Morgan fingerprint density at radius 3 is 2.62 bits per heavy atom. The molecule has 0 spiro atoms. The summed E-state index contributed by atoms with van der Waals surface area (Å²) in [6, 6.07) is 4.42. The predicted octanol–water partition coefficient (Wildman–Crippen LogP) is 1.25. The van der Waals surface area contributed by atoms with Crippen molar-refractivity contribution in [2.75, 3.05) is 19.0 Å². The third kappa shape index (κ3) is 4.38. The van der Waals surface area contributed by atoms with Crippen molar-refractivity contribution in [2.24, 2.45) is 0 Å². The summed E-state index contributed by atoms with van der Waals surface area (Å²) in [5, 5.41) is 5.88. The van der Waals surface area contributed by atoms with Gasteiger partial charge in [0, 0.05) is 11.7 Å². The Balaban J connectivity index is 0.00000208. The molecule has 1 heterocycles. The lowest BCUT2D eigenvalue weighted by molar-refractivity contribution is -0.117. The molecule has 0 aromatic heterocycles. The Morgan fingerprint density at radius 1 is 1.29 bits per heavy atom. The lowest BCUT2D eigenvalue weighted by Gasteiger charge is -2.14. The SMILES string of the molecule is COc1ccc(NC(=O)C2CCCN2)cc1S(=O)(=O)NC1CC1.Cl. The van der Waals surface area contributed by atoms with Crippen molar-refractivity contribution in [2.45, 2.75) is 42.7 Å². The number of benzene rings is 1. The lowest BCUT2D eigenvalue weighted by atomic mass is 10.2. The third-order valence-electron chi connectivity index (χ3n) is 4.00. The molecular formula is C15H22ClN3O4S. The Morgan fingerprint density at radius 2 is 2.04 bits per heavy atom. The average Bonchev–Trinajstić information content (AvgIpc) is 3.15. The van der Waals surface area contributed by atoms with Crippen LogP contribution in [0.3, 0.4) is 0 Å². The summed E-state index contributed by atoms with van der Waals surface area (Å²) in [5.74, 6) is 0.112. The predicted molar refractivity (Wildman–Crippen MR) is 93.2 cm³/mol. The van der Waals surface area contributed by atoms with E-state index in [-0.39, 0.29) is 41.0 Å². The molecule has 1 aromatic rings. The molecule has 9 heteroatoms.